The highest BCUT2D eigenvalue weighted by Gasteiger charge is 2.18. The molecular formula is C14H23BrN2O2S. The van der Waals surface area contributed by atoms with E-state index in [1.54, 1.807) is 19.1 Å². The van der Waals surface area contributed by atoms with Gasteiger partial charge in [0.1, 0.15) is 0 Å². The third-order valence-electron chi connectivity index (χ3n) is 3.15. The number of benzene rings is 1. The fourth-order valence-corrected chi connectivity index (χ4v) is 3.91. The first-order valence-corrected chi connectivity index (χ1v) is 9.07. The molecule has 0 saturated heterocycles. The monoisotopic (exact) mass is 362 g/mol. The molecule has 0 heterocycles. The Bertz CT molecular complexity index is 557. The Morgan fingerprint density at radius 1 is 1.30 bits per heavy atom. The van der Waals surface area contributed by atoms with Crippen molar-refractivity contribution in [1.29, 1.82) is 0 Å². The second-order valence-corrected chi connectivity index (χ2v) is 8.06. The van der Waals surface area contributed by atoms with Crippen LogP contribution >= 0.6 is 15.9 Å². The van der Waals surface area contributed by atoms with Gasteiger partial charge >= 0.3 is 0 Å². The van der Waals surface area contributed by atoms with Gasteiger partial charge in [-0.25, -0.2) is 13.1 Å². The van der Waals surface area contributed by atoms with Gasteiger partial charge < -0.3 is 5.73 Å². The predicted molar refractivity (Wildman–Crippen MR) is 87.2 cm³/mol. The number of hydrogen-bond donors (Lipinski definition) is 2. The van der Waals surface area contributed by atoms with Gasteiger partial charge in [0.25, 0.3) is 0 Å². The molecule has 1 rings (SSSR count). The molecule has 1 aromatic rings. The molecule has 0 bridgehead atoms. The van der Waals surface area contributed by atoms with Gasteiger partial charge in [0.2, 0.25) is 10.0 Å². The lowest BCUT2D eigenvalue weighted by Crippen LogP contribution is -2.25. The molecule has 0 aliphatic carbocycles. The number of unbranched alkanes of at least 4 members (excludes halogenated alkanes) is 1. The first kappa shape index (κ1) is 17.5. The minimum absolute atomic E-state index is 0.244. The molecule has 0 aliphatic rings. The summed E-state index contributed by atoms with van der Waals surface area (Å²) < 4.78 is 27.8. The van der Waals surface area contributed by atoms with Crippen LogP contribution in [0.5, 0.6) is 0 Å². The van der Waals surface area contributed by atoms with Crippen molar-refractivity contribution in [2.75, 3.05) is 12.3 Å². The van der Waals surface area contributed by atoms with E-state index in [2.05, 4.69) is 34.5 Å². The van der Waals surface area contributed by atoms with Gasteiger partial charge in [-0.15, -0.1) is 0 Å². The molecule has 0 aliphatic heterocycles. The van der Waals surface area contributed by atoms with Crippen molar-refractivity contribution in [1.82, 2.24) is 4.72 Å². The lowest BCUT2D eigenvalue weighted by atomic mass is 10.1. The third kappa shape index (κ3) is 5.07. The van der Waals surface area contributed by atoms with Crippen LogP contribution in [0.25, 0.3) is 0 Å². The van der Waals surface area contributed by atoms with E-state index in [4.69, 9.17) is 5.73 Å². The van der Waals surface area contributed by atoms with Gasteiger partial charge in [0, 0.05) is 16.7 Å². The smallest absolute Gasteiger partial charge is 0.240 e. The molecule has 114 valence electrons. The van der Waals surface area contributed by atoms with Crippen molar-refractivity contribution in [3.05, 3.63) is 22.2 Å². The topological polar surface area (TPSA) is 72.2 Å². The van der Waals surface area contributed by atoms with Crippen LogP contribution in [0.1, 0.15) is 38.7 Å². The normalized spacial score (nSPS) is 12.1. The van der Waals surface area contributed by atoms with Crippen LogP contribution in [0, 0.1) is 12.8 Å². The minimum Gasteiger partial charge on any atom is -0.398 e. The largest absolute Gasteiger partial charge is 0.398 e. The first-order valence-electron chi connectivity index (χ1n) is 6.79. The van der Waals surface area contributed by atoms with E-state index in [-0.39, 0.29) is 4.90 Å². The van der Waals surface area contributed by atoms with Crippen LogP contribution in [0.2, 0.25) is 0 Å². The molecule has 0 unspecified atom stereocenters. The average molecular weight is 363 g/mol. The lowest BCUT2D eigenvalue weighted by molar-refractivity contribution is 0.530. The Morgan fingerprint density at radius 3 is 2.55 bits per heavy atom. The molecule has 0 saturated carbocycles. The summed E-state index contributed by atoms with van der Waals surface area (Å²) >= 11 is 3.28. The van der Waals surface area contributed by atoms with Gasteiger partial charge in [0.15, 0.2) is 0 Å². The zero-order valence-corrected chi connectivity index (χ0v) is 14.6. The van der Waals surface area contributed by atoms with Crippen LogP contribution < -0.4 is 10.5 Å². The summed E-state index contributed by atoms with van der Waals surface area (Å²) in [5.74, 6) is 0.652. The van der Waals surface area contributed by atoms with Gasteiger partial charge in [-0.3, -0.25) is 0 Å². The molecular weight excluding hydrogens is 340 g/mol. The Balaban J connectivity index is 2.70. The Labute approximate surface area is 130 Å². The van der Waals surface area contributed by atoms with Crippen LogP contribution in [-0.2, 0) is 10.0 Å². The summed E-state index contributed by atoms with van der Waals surface area (Å²) in [5.41, 5.74) is 6.86. The molecule has 6 heteroatoms. The number of rotatable bonds is 7. The lowest BCUT2D eigenvalue weighted by Gasteiger charge is -2.12. The van der Waals surface area contributed by atoms with Gasteiger partial charge in [-0.05, 0) is 37.0 Å². The molecule has 4 nitrogen and oxygen atoms in total. The molecule has 0 fully saturated rings. The van der Waals surface area contributed by atoms with E-state index in [1.807, 2.05) is 0 Å². The molecule has 1 aromatic carbocycles. The third-order valence-corrected chi connectivity index (χ3v) is 5.20. The number of nitrogens with two attached hydrogens (primary N) is 1. The first-order chi connectivity index (χ1) is 9.24. The Hall–Kier alpha value is -0.590. The number of nitrogen functional groups attached to an aromatic ring is 1. The summed E-state index contributed by atoms with van der Waals surface area (Å²) in [5, 5.41) is 0. The van der Waals surface area contributed by atoms with Gasteiger partial charge in [0.05, 0.1) is 4.90 Å². The van der Waals surface area contributed by atoms with Crippen LogP contribution in [0.4, 0.5) is 5.69 Å². The van der Waals surface area contributed by atoms with Crippen LogP contribution in [-0.4, -0.2) is 15.0 Å². The number of nitrogens with one attached hydrogen (secondary N) is 1. The number of anilines is 1. The number of halogens is 1. The molecule has 20 heavy (non-hydrogen) atoms. The standard InChI is InChI=1S/C14H23BrN2O2S/c1-10(2)6-4-5-7-17-20(18,19)14-9-12(15)8-13(16)11(14)3/h8-10,17H,4-7,16H2,1-3H3. The summed E-state index contributed by atoms with van der Waals surface area (Å²) in [7, 11) is -3.50. The molecule has 0 aromatic heterocycles. The van der Waals surface area contributed by atoms with E-state index in [0.29, 0.717) is 28.2 Å². The summed E-state index contributed by atoms with van der Waals surface area (Å²) in [6.45, 7) is 6.51. The summed E-state index contributed by atoms with van der Waals surface area (Å²) in [6.07, 6.45) is 2.99. The minimum atomic E-state index is -3.50. The molecule has 0 spiro atoms. The van der Waals surface area contributed by atoms with Crippen molar-refractivity contribution in [2.24, 2.45) is 5.92 Å². The zero-order chi connectivity index (χ0) is 15.3. The van der Waals surface area contributed by atoms with Crippen LogP contribution in [0.15, 0.2) is 21.5 Å². The Morgan fingerprint density at radius 2 is 1.95 bits per heavy atom. The van der Waals surface area contributed by atoms with Crippen molar-refractivity contribution >= 4 is 31.6 Å². The fourth-order valence-electron chi connectivity index (χ4n) is 1.92. The maximum Gasteiger partial charge on any atom is 0.240 e. The average Bonchev–Trinajstić information content (AvgIpc) is 2.32. The highest BCUT2D eigenvalue weighted by Crippen LogP contribution is 2.26. The molecule has 0 amide bonds. The maximum absolute atomic E-state index is 12.3. The van der Waals surface area contributed by atoms with E-state index in [1.165, 1.54) is 0 Å². The van der Waals surface area contributed by atoms with Crippen molar-refractivity contribution in [3.8, 4) is 0 Å². The van der Waals surface area contributed by atoms with Crippen molar-refractivity contribution in [2.45, 2.75) is 44.9 Å². The van der Waals surface area contributed by atoms with Crippen molar-refractivity contribution < 1.29 is 8.42 Å². The zero-order valence-electron chi connectivity index (χ0n) is 12.2. The molecule has 3 N–H and O–H groups in total. The highest BCUT2D eigenvalue weighted by atomic mass is 79.9. The fraction of sp³-hybridized carbons (Fsp3) is 0.571. The van der Waals surface area contributed by atoms with Gasteiger partial charge in [-0.2, -0.15) is 0 Å². The highest BCUT2D eigenvalue weighted by molar-refractivity contribution is 9.10. The van der Waals surface area contributed by atoms with Gasteiger partial charge in [-0.1, -0.05) is 42.6 Å². The summed E-state index contributed by atoms with van der Waals surface area (Å²) in [4.78, 5) is 0.244. The van der Waals surface area contributed by atoms with E-state index < -0.39 is 10.0 Å². The Kier molecular flexibility index (Phi) is 6.48. The maximum atomic E-state index is 12.3. The second kappa shape index (κ2) is 7.43. The second-order valence-electron chi connectivity index (χ2n) is 5.41. The van der Waals surface area contributed by atoms with E-state index in [0.717, 1.165) is 19.3 Å². The number of hydrogen-bond acceptors (Lipinski definition) is 3. The quantitative estimate of drug-likeness (QED) is 0.576. The summed E-state index contributed by atoms with van der Waals surface area (Å²) in [6, 6.07) is 3.29. The molecule has 0 atom stereocenters. The molecule has 0 radical (unpaired) electrons. The van der Waals surface area contributed by atoms with Crippen LogP contribution in [0.3, 0.4) is 0 Å². The van der Waals surface area contributed by atoms with Crippen molar-refractivity contribution in [3.63, 3.8) is 0 Å². The predicted octanol–water partition coefficient (Wildman–Crippen LogP) is 3.44. The van der Waals surface area contributed by atoms with E-state index in [9.17, 15) is 8.42 Å². The SMILES string of the molecule is Cc1c(N)cc(Br)cc1S(=O)(=O)NCCCCC(C)C. The van der Waals surface area contributed by atoms with E-state index >= 15 is 0 Å². The number of sulfonamides is 1.